The summed E-state index contributed by atoms with van der Waals surface area (Å²) in [5, 5.41) is 12.1. The number of pyridine rings is 1. The summed E-state index contributed by atoms with van der Waals surface area (Å²) in [7, 11) is 3.96. The van der Waals surface area contributed by atoms with Gasteiger partial charge in [0.05, 0.1) is 0 Å². The van der Waals surface area contributed by atoms with Crippen LogP contribution in [0.1, 0.15) is 12.8 Å². The van der Waals surface area contributed by atoms with Gasteiger partial charge in [0.2, 0.25) is 5.95 Å². The highest BCUT2D eigenvalue weighted by molar-refractivity contribution is 5.49. The number of hydrogen-bond donors (Lipinski definition) is 1. The Bertz CT molecular complexity index is 850. The summed E-state index contributed by atoms with van der Waals surface area (Å²) in [6.07, 6.45) is 5.68. The number of rotatable bonds is 4. The van der Waals surface area contributed by atoms with Crippen LogP contribution < -0.4 is 15.1 Å². The van der Waals surface area contributed by atoms with Crippen LogP contribution in [0.3, 0.4) is 0 Å². The van der Waals surface area contributed by atoms with Crippen molar-refractivity contribution in [3.05, 3.63) is 36.8 Å². The zero-order chi connectivity index (χ0) is 17.2. The molecule has 0 radical (unpaired) electrons. The molecule has 130 valence electrons. The van der Waals surface area contributed by atoms with Crippen LogP contribution >= 0.6 is 0 Å². The third kappa shape index (κ3) is 3.19. The molecule has 0 bridgehead atoms. The lowest BCUT2D eigenvalue weighted by atomic mass is 10.1. The zero-order valence-corrected chi connectivity index (χ0v) is 14.5. The summed E-state index contributed by atoms with van der Waals surface area (Å²) in [6, 6.07) is 8.35. The molecule has 1 fully saturated rings. The zero-order valence-electron chi connectivity index (χ0n) is 14.5. The van der Waals surface area contributed by atoms with Crippen LogP contribution in [0.4, 0.5) is 17.6 Å². The molecular weight excluding hydrogens is 316 g/mol. The number of piperidine rings is 1. The lowest BCUT2D eigenvalue weighted by Crippen LogP contribution is -2.40. The second-order valence-electron chi connectivity index (χ2n) is 6.49. The van der Waals surface area contributed by atoms with E-state index >= 15 is 0 Å². The normalized spacial score (nSPS) is 15.5. The molecule has 0 amide bonds. The number of anilines is 3. The van der Waals surface area contributed by atoms with Gasteiger partial charge in [-0.25, -0.2) is 9.97 Å². The van der Waals surface area contributed by atoms with Gasteiger partial charge in [0.1, 0.15) is 18.0 Å². The van der Waals surface area contributed by atoms with Gasteiger partial charge >= 0.3 is 0 Å². The van der Waals surface area contributed by atoms with E-state index in [0.717, 1.165) is 49.2 Å². The Morgan fingerprint density at radius 3 is 2.76 bits per heavy atom. The Balaban J connectivity index is 1.41. The van der Waals surface area contributed by atoms with Gasteiger partial charge in [0.15, 0.2) is 5.65 Å². The SMILES string of the molecule is CN(C)c1cc(NC2CCN(c3nnc4ccccn34)CC2)ncn1. The predicted octanol–water partition coefficient (Wildman–Crippen LogP) is 1.67. The van der Waals surface area contributed by atoms with E-state index < -0.39 is 0 Å². The lowest BCUT2D eigenvalue weighted by molar-refractivity contribution is 0.517. The number of nitrogens with zero attached hydrogens (tertiary/aromatic N) is 7. The first-order valence-corrected chi connectivity index (χ1v) is 8.51. The van der Waals surface area contributed by atoms with Crippen molar-refractivity contribution in [2.24, 2.45) is 0 Å². The second-order valence-corrected chi connectivity index (χ2v) is 6.49. The van der Waals surface area contributed by atoms with Crippen LogP contribution in [0.5, 0.6) is 0 Å². The first kappa shape index (κ1) is 15.6. The highest BCUT2D eigenvalue weighted by Crippen LogP contribution is 2.21. The molecule has 25 heavy (non-hydrogen) atoms. The van der Waals surface area contributed by atoms with Crippen molar-refractivity contribution in [2.45, 2.75) is 18.9 Å². The van der Waals surface area contributed by atoms with Gasteiger partial charge in [-0.05, 0) is 25.0 Å². The van der Waals surface area contributed by atoms with Crippen LogP contribution in [-0.2, 0) is 0 Å². The summed E-state index contributed by atoms with van der Waals surface area (Å²) >= 11 is 0. The van der Waals surface area contributed by atoms with E-state index in [1.165, 1.54) is 0 Å². The molecule has 4 rings (SSSR count). The fourth-order valence-electron chi connectivity index (χ4n) is 3.15. The van der Waals surface area contributed by atoms with Gasteiger partial charge in [-0.15, -0.1) is 10.2 Å². The number of fused-ring (bicyclic) bond motifs is 1. The van der Waals surface area contributed by atoms with Crippen LogP contribution in [-0.4, -0.2) is 57.8 Å². The first-order chi connectivity index (χ1) is 12.2. The summed E-state index contributed by atoms with van der Waals surface area (Å²) in [5.74, 6) is 2.71. The minimum atomic E-state index is 0.403. The fraction of sp³-hybridized carbons (Fsp3) is 0.412. The van der Waals surface area contributed by atoms with Crippen molar-refractivity contribution in [1.29, 1.82) is 0 Å². The molecular formula is C17H22N8. The summed E-state index contributed by atoms with van der Waals surface area (Å²) < 4.78 is 2.04. The molecule has 0 atom stereocenters. The molecule has 1 saturated heterocycles. The predicted molar refractivity (Wildman–Crippen MR) is 98.2 cm³/mol. The minimum Gasteiger partial charge on any atom is -0.367 e. The summed E-state index contributed by atoms with van der Waals surface area (Å²) in [6.45, 7) is 1.89. The Labute approximate surface area is 146 Å². The Kier molecular flexibility index (Phi) is 4.09. The molecule has 0 aromatic carbocycles. The van der Waals surface area contributed by atoms with Crippen molar-refractivity contribution in [3.63, 3.8) is 0 Å². The molecule has 4 heterocycles. The molecule has 8 heteroatoms. The smallest absolute Gasteiger partial charge is 0.231 e. The summed E-state index contributed by atoms with van der Waals surface area (Å²) in [4.78, 5) is 12.9. The molecule has 1 aliphatic heterocycles. The molecule has 3 aromatic rings. The number of hydrogen-bond acceptors (Lipinski definition) is 7. The van der Waals surface area contributed by atoms with Gasteiger partial charge in [-0.2, -0.15) is 0 Å². The van der Waals surface area contributed by atoms with Crippen LogP contribution in [0.15, 0.2) is 36.8 Å². The average molecular weight is 338 g/mol. The van der Waals surface area contributed by atoms with Crippen LogP contribution in [0, 0.1) is 0 Å². The first-order valence-electron chi connectivity index (χ1n) is 8.51. The Hall–Kier alpha value is -2.90. The Morgan fingerprint density at radius 1 is 1.12 bits per heavy atom. The van der Waals surface area contributed by atoms with Crippen LogP contribution in [0.2, 0.25) is 0 Å². The summed E-state index contributed by atoms with van der Waals surface area (Å²) in [5.41, 5.74) is 0.884. The van der Waals surface area contributed by atoms with Gasteiger partial charge in [0, 0.05) is 45.5 Å². The number of aromatic nitrogens is 5. The third-order valence-electron chi connectivity index (χ3n) is 4.54. The van der Waals surface area contributed by atoms with Crippen molar-refractivity contribution in [3.8, 4) is 0 Å². The standard InChI is InChI=1S/C17H22N8/c1-23(2)16-11-14(18-12-19-16)20-13-6-9-24(10-7-13)17-22-21-15-5-3-4-8-25(15)17/h3-5,8,11-13H,6-7,9-10H2,1-2H3,(H,18,19,20). The van der Waals surface area contributed by atoms with Gasteiger partial charge in [-0.3, -0.25) is 4.40 Å². The molecule has 0 spiro atoms. The molecule has 0 aliphatic carbocycles. The maximum atomic E-state index is 4.35. The quantitative estimate of drug-likeness (QED) is 0.775. The van der Waals surface area contributed by atoms with Crippen molar-refractivity contribution < 1.29 is 0 Å². The third-order valence-corrected chi connectivity index (χ3v) is 4.54. The van der Waals surface area contributed by atoms with Gasteiger partial charge in [-0.1, -0.05) is 6.07 Å². The van der Waals surface area contributed by atoms with E-state index in [1.54, 1.807) is 6.33 Å². The lowest BCUT2D eigenvalue weighted by Gasteiger charge is -2.32. The average Bonchev–Trinajstić information content (AvgIpc) is 3.07. The monoisotopic (exact) mass is 338 g/mol. The molecule has 0 saturated carbocycles. The van der Waals surface area contributed by atoms with E-state index in [2.05, 4.69) is 30.4 Å². The van der Waals surface area contributed by atoms with E-state index in [9.17, 15) is 0 Å². The second kappa shape index (κ2) is 6.54. The number of nitrogens with one attached hydrogen (secondary N) is 1. The van der Waals surface area contributed by atoms with Crippen molar-refractivity contribution in [2.75, 3.05) is 42.3 Å². The van der Waals surface area contributed by atoms with E-state index in [4.69, 9.17) is 0 Å². The Morgan fingerprint density at radius 2 is 1.96 bits per heavy atom. The van der Waals surface area contributed by atoms with E-state index in [0.29, 0.717) is 6.04 Å². The molecule has 1 N–H and O–H groups in total. The van der Waals surface area contributed by atoms with E-state index in [1.807, 2.05) is 53.9 Å². The fourth-order valence-corrected chi connectivity index (χ4v) is 3.15. The largest absolute Gasteiger partial charge is 0.367 e. The maximum Gasteiger partial charge on any atom is 0.231 e. The van der Waals surface area contributed by atoms with Gasteiger partial charge in [0.25, 0.3) is 0 Å². The topological polar surface area (TPSA) is 74.5 Å². The molecule has 3 aromatic heterocycles. The molecule has 8 nitrogen and oxygen atoms in total. The van der Waals surface area contributed by atoms with E-state index in [-0.39, 0.29) is 0 Å². The highest BCUT2D eigenvalue weighted by atomic mass is 15.4. The molecule has 1 aliphatic rings. The molecule has 0 unspecified atom stereocenters. The maximum absolute atomic E-state index is 4.35. The minimum absolute atomic E-state index is 0.403. The van der Waals surface area contributed by atoms with Crippen molar-refractivity contribution in [1.82, 2.24) is 24.6 Å². The van der Waals surface area contributed by atoms with Gasteiger partial charge < -0.3 is 15.1 Å². The highest BCUT2D eigenvalue weighted by Gasteiger charge is 2.22. The van der Waals surface area contributed by atoms with Crippen LogP contribution in [0.25, 0.3) is 5.65 Å². The van der Waals surface area contributed by atoms with Crippen molar-refractivity contribution >= 4 is 23.2 Å².